The van der Waals surface area contributed by atoms with E-state index in [2.05, 4.69) is 0 Å². The summed E-state index contributed by atoms with van der Waals surface area (Å²) in [5.41, 5.74) is 6.63. The molecule has 1 aromatic carbocycles. The van der Waals surface area contributed by atoms with E-state index in [1.165, 1.54) is 0 Å². The molecule has 1 atom stereocenters. The summed E-state index contributed by atoms with van der Waals surface area (Å²) in [6.45, 7) is 0.804. The smallest absolute Gasteiger partial charge is 0.244 e. The molecule has 1 fully saturated rings. The number of amides is 1. The highest BCUT2D eigenvalue weighted by molar-refractivity contribution is 5.83. The molecule has 0 saturated carbocycles. The molecule has 1 aliphatic rings. The Kier molecular flexibility index (Phi) is 2.70. The van der Waals surface area contributed by atoms with Crippen LogP contribution in [0.4, 0.5) is 0 Å². The van der Waals surface area contributed by atoms with Crippen molar-refractivity contribution in [1.29, 1.82) is 0 Å². The minimum Gasteiger partial charge on any atom is -0.389 e. The van der Waals surface area contributed by atoms with Gasteiger partial charge in [0, 0.05) is 13.1 Å². The van der Waals surface area contributed by atoms with Crippen LogP contribution >= 0.6 is 0 Å². The van der Waals surface area contributed by atoms with E-state index >= 15 is 0 Å². The molecule has 1 unspecified atom stereocenters. The third kappa shape index (κ3) is 2.00. The third-order valence-electron chi connectivity index (χ3n) is 2.60. The first-order valence-corrected chi connectivity index (χ1v) is 4.96. The van der Waals surface area contributed by atoms with Crippen LogP contribution in [0.25, 0.3) is 0 Å². The summed E-state index contributed by atoms with van der Waals surface area (Å²) >= 11 is 0. The summed E-state index contributed by atoms with van der Waals surface area (Å²) in [5, 5.41) is 9.08. The topological polar surface area (TPSA) is 66.6 Å². The molecule has 15 heavy (non-hydrogen) atoms. The maximum Gasteiger partial charge on any atom is 0.244 e. The predicted octanol–water partition coefficient (Wildman–Crippen LogP) is -0.111. The molecular weight excluding hydrogens is 192 g/mol. The van der Waals surface area contributed by atoms with Crippen LogP contribution in [-0.4, -0.2) is 35.1 Å². The Balaban J connectivity index is 2.02. The van der Waals surface area contributed by atoms with Crippen LogP contribution in [0.2, 0.25) is 0 Å². The maximum absolute atomic E-state index is 11.8. The molecule has 1 amide bonds. The van der Waals surface area contributed by atoms with E-state index in [4.69, 9.17) is 10.8 Å². The molecular formula is C11H14N2O2. The molecule has 1 aliphatic heterocycles. The average Bonchev–Trinajstić information content (AvgIpc) is 2.24. The van der Waals surface area contributed by atoms with E-state index in [0.29, 0.717) is 13.1 Å². The van der Waals surface area contributed by atoms with Crippen LogP contribution in [-0.2, 0) is 4.79 Å². The highest BCUT2D eigenvalue weighted by atomic mass is 16.3. The number of aliphatic hydroxyl groups excluding tert-OH is 1. The van der Waals surface area contributed by atoms with Gasteiger partial charge in [-0.25, -0.2) is 0 Å². The molecule has 0 aromatic heterocycles. The van der Waals surface area contributed by atoms with Crippen LogP contribution < -0.4 is 5.73 Å². The second-order valence-electron chi connectivity index (χ2n) is 3.79. The van der Waals surface area contributed by atoms with E-state index in [1.54, 1.807) is 4.90 Å². The zero-order valence-corrected chi connectivity index (χ0v) is 8.34. The standard InChI is InChI=1S/C11H14N2O2/c12-10(8-4-2-1-3-5-8)11(15)13-6-9(14)7-13/h1-5,9-10,14H,6-7,12H2. The first kappa shape index (κ1) is 10.1. The summed E-state index contributed by atoms with van der Waals surface area (Å²) in [6, 6.07) is 8.64. The molecule has 1 aromatic rings. The van der Waals surface area contributed by atoms with Gasteiger partial charge in [-0.3, -0.25) is 4.79 Å². The summed E-state index contributed by atoms with van der Waals surface area (Å²) in [5.74, 6) is -0.119. The van der Waals surface area contributed by atoms with E-state index in [-0.39, 0.29) is 12.0 Å². The Morgan fingerprint density at radius 1 is 1.40 bits per heavy atom. The van der Waals surface area contributed by atoms with Crippen molar-refractivity contribution in [2.45, 2.75) is 12.1 Å². The molecule has 0 spiro atoms. The average molecular weight is 206 g/mol. The quantitative estimate of drug-likeness (QED) is 0.709. The van der Waals surface area contributed by atoms with Crippen LogP contribution in [0.5, 0.6) is 0 Å². The number of carbonyl (C=O) groups excluding carboxylic acids is 1. The normalized spacial score (nSPS) is 18.4. The number of carbonyl (C=O) groups is 1. The fourth-order valence-electron chi connectivity index (χ4n) is 1.63. The van der Waals surface area contributed by atoms with Gasteiger partial charge >= 0.3 is 0 Å². The summed E-state index contributed by atoms with van der Waals surface area (Å²) in [4.78, 5) is 13.3. The number of β-amino-alcohol motifs (C(OH)–C–C–N with tert-alkyl or cyclic N) is 1. The van der Waals surface area contributed by atoms with E-state index < -0.39 is 6.04 Å². The molecule has 0 bridgehead atoms. The first-order valence-electron chi connectivity index (χ1n) is 4.96. The largest absolute Gasteiger partial charge is 0.389 e. The van der Waals surface area contributed by atoms with Gasteiger partial charge in [-0.2, -0.15) is 0 Å². The lowest BCUT2D eigenvalue weighted by atomic mass is 10.0. The number of likely N-dealkylation sites (tertiary alicyclic amines) is 1. The van der Waals surface area contributed by atoms with Crippen molar-refractivity contribution in [2.24, 2.45) is 5.73 Å². The number of hydrogen-bond donors (Lipinski definition) is 2. The maximum atomic E-state index is 11.8. The van der Waals surface area contributed by atoms with Crippen molar-refractivity contribution in [3.05, 3.63) is 35.9 Å². The van der Waals surface area contributed by atoms with Crippen molar-refractivity contribution in [3.63, 3.8) is 0 Å². The molecule has 4 nitrogen and oxygen atoms in total. The zero-order valence-electron chi connectivity index (χ0n) is 8.34. The molecule has 2 rings (SSSR count). The van der Waals surface area contributed by atoms with Crippen molar-refractivity contribution in [3.8, 4) is 0 Å². The summed E-state index contributed by atoms with van der Waals surface area (Å²) in [6.07, 6.45) is -0.378. The Hall–Kier alpha value is -1.39. The number of rotatable bonds is 2. The van der Waals surface area contributed by atoms with Crippen LogP contribution in [0.1, 0.15) is 11.6 Å². The molecule has 3 N–H and O–H groups in total. The predicted molar refractivity (Wildman–Crippen MR) is 56.0 cm³/mol. The molecule has 0 aliphatic carbocycles. The van der Waals surface area contributed by atoms with Gasteiger partial charge in [0.1, 0.15) is 6.04 Å². The zero-order chi connectivity index (χ0) is 10.8. The van der Waals surface area contributed by atoms with Gasteiger partial charge in [-0.15, -0.1) is 0 Å². The van der Waals surface area contributed by atoms with E-state index in [1.807, 2.05) is 30.3 Å². The van der Waals surface area contributed by atoms with Crippen LogP contribution in [0.15, 0.2) is 30.3 Å². The van der Waals surface area contributed by atoms with Crippen molar-refractivity contribution in [1.82, 2.24) is 4.90 Å². The van der Waals surface area contributed by atoms with Crippen molar-refractivity contribution >= 4 is 5.91 Å². The Labute approximate surface area is 88.3 Å². The van der Waals surface area contributed by atoms with Gasteiger partial charge in [-0.05, 0) is 5.56 Å². The van der Waals surface area contributed by atoms with Crippen LogP contribution in [0, 0.1) is 0 Å². The fourth-order valence-corrected chi connectivity index (χ4v) is 1.63. The van der Waals surface area contributed by atoms with Gasteiger partial charge in [0.25, 0.3) is 0 Å². The minimum atomic E-state index is -0.612. The fraction of sp³-hybridized carbons (Fsp3) is 0.364. The number of nitrogens with two attached hydrogens (primary N) is 1. The third-order valence-corrected chi connectivity index (χ3v) is 2.60. The monoisotopic (exact) mass is 206 g/mol. The highest BCUT2D eigenvalue weighted by Gasteiger charge is 2.32. The second-order valence-corrected chi connectivity index (χ2v) is 3.79. The Morgan fingerprint density at radius 2 is 2.00 bits per heavy atom. The highest BCUT2D eigenvalue weighted by Crippen LogP contribution is 2.17. The number of nitrogens with zero attached hydrogens (tertiary/aromatic N) is 1. The SMILES string of the molecule is NC(C(=O)N1CC(O)C1)c1ccccc1. The number of hydrogen-bond acceptors (Lipinski definition) is 3. The van der Waals surface area contributed by atoms with E-state index in [0.717, 1.165) is 5.56 Å². The van der Waals surface area contributed by atoms with Gasteiger partial charge in [0.05, 0.1) is 6.10 Å². The number of benzene rings is 1. The van der Waals surface area contributed by atoms with Gasteiger partial charge < -0.3 is 15.7 Å². The lowest BCUT2D eigenvalue weighted by molar-refractivity contribution is -0.142. The number of aliphatic hydroxyl groups is 1. The Morgan fingerprint density at radius 3 is 2.53 bits per heavy atom. The lowest BCUT2D eigenvalue weighted by Gasteiger charge is -2.37. The van der Waals surface area contributed by atoms with Crippen molar-refractivity contribution in [2.75, 3.05) is 13.1 Å². The molecule has 80 valence electrons. The lowest BCUT2D eigenvalue weighted by Crippen LogP contribution is -2.55. The van der Waals surface area contributed by atoms with Crippen molar-refractivity contribution < 1.29 is 9.90 Å². The molecule has 4 heteroatoms. The first-order chi connectivity index (χ1) is 7.18. The van der Waals surface area contributed by atoms with Gasteiger partial charge in [0.2, 0.25) is 5.91 Å². The molecule has 0 radical (unpaired) electrons. The summed E-state index contributed by atoms with van der Waals surface area (Å²) < 4.78 is 0. The summed E-state index contributed by atoms with van der Waals surface area (Å²) in [7, 11) is 0. The second kappa shape index (κ2) is 4.00. The van der Waals surface area contributed by atoms with Gasteiger partial charge in [0.15, 0.2) is 0 Å². The van der Waals surface area contributed by atoms with Crippen LogP contribution in [0.3, 0.4) is 0 Å². The molecule has 1 saturated heterocycles. The van der Waals surface area contributed by atoms with E-state index in [9.17, 15) is 4.79 Å². The Bertz CT molecular complexity index is 347. The minimum absolute atomic E-state index is 0.119. The van der Waals surface area contributed by atoms with Gasteiger partial charge in [-0.1, -0.05) is 30.3 Å². The molecule has 1 heterocycles.